The van der Waals surface area contributed by atoms with E-state index in [9.17, 15) is 20.4 Å². The maximum Gasteiger partial charge on any atom is 0.119 e. The molecule has 0 amide bonds. The highest BCUT2D eigenvalue weighted by Crippen LogP contribution is 2.28. The summed E-state index contributed by atoms with van der Waals surface area (Å²) < 4.78 is 13.4. The van der Waals surface area contributed by atoms with Crippen molar-refractivity contribution < 1.29 is 29.9 Å². The minimum Gasteiger partial charge on any atom is -0.491 e. The summed E-state index contributed by atoms with van der Waals surface area (Å²) in [5.41, 5.74) is 3.93. The minimum absolute atomic E-state index is 0.109. The molecule has 2 heterocycles. The van der Waals surface area contributed by atoms with E-state index in [2.05, 4.69) is 13.8 Å². The first-order chi connectivity index (χ1) is 15.1. The second-order valence-corrected chi connectivity index (χ2v) is 9.11. The van der Waals surface area contributed by atoms with E-state index in [1.807, 2.05) is 49.7 Å². The number of nitrogens with zero attached hydrogens (tertiary/aromatic N) is 2. The Morgan fingerprint density at radius 1 is 1.00 bits per heavy atom. The fourth-order valence-electron chi connectivity index (χ4n) is 4.21. The van der Waals surface area contributed by atoms with Crippen LogP contribution in [-0.4, -0.2) is 73.4 Å². The third kappa shape index (κ3) is 5.32. The van der Waals surface area contributed by atoms with Gasteiger partial charge in [-0.05, 0) is 52.3 Å². The molecule has 1 aliphatic rings. The van der Waals surface area contributed by atoms with E-state index in [-0.39, 0.29) is 18.6 Å². The maximum atomic E-state index is 10.5. The molecule has 32 heavy (non-hydrogen) atoms. The Morgan fingerprint density at radius 3 is 2.19 bits per heavy atom. The van der Waals surface area contributed by atoms with Gasteiger partial charge in [-0.25, -0.2) is 0 Å². The summed E-state index contributed by atoms with van der Waals surface area (Å²) in [6.45, 7) is 9.67. The number of ether oxygens (including phenoxy) is 2. The van der Waals surface area contributed by atoms with Gasteiger partial charge in [0.15, 0.2) is 0 Å². The number of hydrogen-bond donors (Lipinski definition) is 4. The summed E-state index contributed by atoms with van der Waals surface area (Å²) in [5, 5.41) is 45.0. The van der Waals surface area contributed by atoms with Gasteiger partial charge >= 0.3 is 0 Å². The lowest BCUT2D eigenvalue weighted by Crippen LogP contribution is -2.59. The van der Waals surface area contributed by atoms with Gasteiger partial charge < -0.3 is 29.9 Å². The van der Waals surface area contributed by atoms with Crippen molar-refractivity contribution in [3.8, 4) is 5.75 Å². The van der Waals surface area contributed by atoms with Gasteiger partial charge in [0, 0.05) is 30.1 Å². The van der Waals surface area contributed by atoms with E-state index >= 15 is 0 Å². The molecule has 0 unspecified atom stereocenters. The van der Waals surface area contributed by atoms with E-state index in [0.717, 1.165) is 28.3 Å². The Balaban J connectivity index is 1.87. The average Bonchev–Trinajstić information content (AvgIpc) is 3.05. The van der Waals surface area contributed by atoms with Crippen molar-refractivity contribution in [2.75, 3.05) is 6.61 Å². The highest BCUT2D eigenvalue weighted by atomic mass is 16.5. The van der Waals surface area contributed by atoms with Crippen LogP contribution in [0.4, 0.5) is 0 Å². The molecule has 0 radical (unpaired) electrons. The lowest BCUT2D eigenvalue weighted by Gasteiger charge is -2.40. The SMILES string of the molecule is Cc1c(Cc2ccc(OC(C)C)cc2)c(C[C@@H]2O[C@H](CO)[C@@H](O)[C@H](O)[C@H]2O)nn1C(C)C. The van der Waals surface area contributed by atoms with Crippen molar-refractivity contribution in [3.05, 3.63) is 46.8 Å². The van der Waals surface area contributed by atoms with Crippen LogP contribution in [-0.2, 0) is 17.6 Å². The molecule has 178 valence electrons. The largest absolute Gasteiger partial charge is 0.491 e. The number of aliphatic hydroxyl groups is 4. The molecule has 0 saturated carbocycles. The van der Waals surface area contributed by atoms with Crippen LogP contribution in [0.25, 0.3) is 0 Å². The smallest absolute Gasteiger partial charge is 0.119 e. The van der Waals surface area contributed by atoms with Crippen molar-refractivity contribution >= 4 is 0 Å². The summed E-state index contributed by atoms with van der Waals surface area (Å²) in [6.07, 6.45) is -4.75. The molecule has 8 heteroatoms. The van der Waals surface area contributed by atoms with E-state index in [4.69, 9.17) is 14.6 Å². The predicted molar refractivity (Wildman–Crippen MR) is 120 cm³/mol. The Hall–Kier alpha value is -1.97. The number of rotatable bonds is 8. The molecule has 1 saturated heterocycles. The highest BCUT2D eigenvalue weighted by molar-refractivity contribution is 5.36. The molecule has 8 nitrogen and oxygen atoms in total. The van der Waals surface area contributed by atoms with E-state index in [1.165, 1.54) is 0 Å². The molecular weight excluding hydrogens is 412 g/mol. The molecule has 1 aliphatic heterocycles. The molecule has 4 N–H and O–H groups in total. The molecule has 0 bridgehead atoms. The highest BCUT2D eigenvalue weighted by Gasteiger charge is 2.43. The second kappa shape index (κ2) is 10.3. The van der Waals surface area contributed by atoms with Gasteiger partial charge in [-0.1, -0.05) is 12.1 Å². The molecule has 1 aromatic carbocycles. The van der Waals surface area contributed by atoms with Crippen molar-refractivity contribution in [3.63, 3.8) is 0 Å². The molecule has 0 aliphatic carbocycles. The third-order valence-corrected chi connectivity index (χ3v) is 5.91. The number of aromatic nitrogens is 2. The molecule has 1 aromatic heterocycles. The van der Waals surface area contributed by atoms with E-state index in [0.29, 0.717) is 6.42 Å². The van der Waals surface area contributed by atoms with Gasteiger partial charge in [0.25, 0.3) is 0 Å². The van der Waals surface area contributed by atoms with Crippen molar-refractivity contribution in [1.82, 2.24) is 9.78 Å². The molecular formula is C24H36N2O6. The van der Waals surface area contributed by atoms with Crippen LogP contribution in [0.1, 0.15) is 56.3 Å². The summed E-state index contributed by atoms with van der Waals surface area (Å²) in [7, 11) is 0. The van der Waals surface area contributed by atoms with Gasteiger partial charge in [-0.2, -0.15) is 5.10 Å². The third-order valence-electron chi connectivity index (χ3n) is 5.91. The molecule has 2 aromatic rings. The van der Waals surface area contributed by atoms with Gasteiger partial charge in [-0.15, -0.1) is 0 Å². The number of hydrogen-bond acceptors (Lipinski definition) is 7. The summed E-state index contributed by atoms with van der Waals surface area (Å²) in [6, 6.07) is 8.12. The Labute approximate surface area is 189 Å². The summed E-state index contributed by atoms with van der Waals surface area (Å²) >= 11 is 0. The van der Waals surface area contributed by atoms with Crippen LogP contribution >= 0.6 is 0 Å². The van der Waals surface area contributed by atoms with Gasteiger partial charge in [-0.3, -0.25) is 4.68 Å². The molecule has 1 fully saturated rings. The molecule has 0 spiro atoms. The van der Waals surface area contributed by atoms with Crippen LogP contribution in [0, 0.1) is 6.92 Å². The number of aliphatic hydroxyl groups excluding tert-OH is 4. The Kier molecular flexibility index (Phi) is 7.95. The first kappa shape index (κ1) is 24.7. The van der Waals surface area contributed by atoms with Gasteiger partial charge in [0.2, 0.25) is 0 Å². The minimum atomic E-state index is -1.39. The Morgan fingerprint density at radius 2 is 1.62 bits per heavy atom. The van der Waals surface area contributed by atoms with Crippen LogP contribution < -0.4 is 4.74 Å². The van der Waals surface area contributed by atoms with Crippen LogP contribution in [0.15, 0.2) is 24.3 Å². The average molecular weight is 449 g/mol. The maximum absolute atomic E-state index is 10.5. The Bertz CT molecular complexity index is 877. The van der Waals surface area contributed by atoms with Gasteiger partial charge in [0.1, 0.15) is 30.2 Å². The second-order valence-electron chi connectivity index (χ2n) is 9.11. The monoisotopic (exact) mass is 448 g/mol. The molecule has 5 atom stereocenters. The molecule has 3 rings (SSSR count). The van der Waals surface area contributed by atoms with Crippen LogP contribution in [0.5, 0.6) is 5.75 Å². The van der Waals surface area contributed by atoms with Crippen molar-refractivity contribution in [2.24, 2.45) is 0 Å². The fourth-order valence-corrected chi connectivity index (χ4v) is 4.21. The summed E-state index contributed by atoms with van der Waals surface area (Å²) in [4.78, 5) is 0. The van der Waals surface area contributed by atoms with Crippen molar-refractivity contribution in [2.45, 2.75) is 90.1 Å². The zero-order valence-corrected chi connectivity index (χ0v) is 19.5. The normalized spacial score (nSPS) is 26.2. The topological polar surface area (TPSA) is 117 Å². The predicted octanol–water partition coefficient (Wildman–Crippen LogP) is 1.54. The van der Waals surface area contributed by atoms with E-state index < -0.39 is 37.1 Å². The van der Waals surface area contributed by atoms with Crippen molar-refractivity contribution in [1.29, 1.82) is 0 Å². The summed E-state index contributed by atoms with van der Waals surface area (Å²) in [5.74, 6) is 0.819. The van der Waals surface area contributed by atoms with E-state index in [1.54, 1.807) is 0 Å². The van der Waals surface area contributed by atoms with Crippen LogP contribution in [0.3, 0.4) is 0 Å². The van der Waals surface area contributed by atoms with Crippen LogP contribution in [0.2, 0.25) is 0 Å². The first-order valence-electron chi connectivity index (χ1n) is 11.2. The lowest BCUT2D eigenvalue weighted by molar-refractivity contribution is -0.228. The number of benzene rings is 1. The first-order valence-corrected chi connectivity index (χ1v) is 11.2. The fraction of sp³-hybridized carbons (Fsp3) is 0.625. The zero-order valence-electron chi connectivity index (χ0n) is 19.5. The zero-order chi connectivity index (χ0) is 23.6. The standard InChI is InChI=1S/C24H36N2O6/c1-13(2)26-15(5)18(10-16-6-8-17(9-7-16)31-14(3)4)19(25-26)11-20-22(28)24(30)23(29)21(12-27)32-20/h6-9,13-14,20-24,27-30H,10-12H2,1-5H3/t20-,21+,22-,23+,24+/m0/s1. The van der Waals surface area contributed by atoms with Gasteiger partial charge in [0.05, 0.1) is 24.5 Å². The lowest BCUT2D eigenvalue weighted by atomic mass is 9.91. The quantitative estimate of drug-likeness (QED) is 0.484.